The van der Waals surface area contributed by atoms with E-state index in [2.05, 4.69) is 14.9 Å². The topological polar surface area (TPSA) is 85.1 Å². The van der Waals surface area contributed by atoms with Gasteiger partial charge >= 0.3 is 0 Å². The monoisotopic (exact) mass is 271 g/mol. The minimum Gasteiger partial charge on any atom is -0.338 e. The minimum atomic E-state index is -3.71. The maximum absolute atomic E-state index is 12.7. The second-order valence-electron chi connectivity index (χ2n) is 3.51. The van der Waals surface area contributed by atoms with Gasteiger partial charge in [-0.05, 0) is 31.2 Å². The number of rotatable bonds is 4. The summed E-state index contributed by atoms with van der Waals surface area (Å²) in [6, 6.07) is 4.50. The molecular formula is C10H10FN3O3S. The summed E-state index contributed by atoms with van der Waals surface area (Å²) in [5.74, 6) is 0.0886. The van der Waals surface area contributed by atoms with Crippen LogP contribution in [-0.2, 0) is 16.6 Å². The summed E-state index contributed by atoms with van der Waals surface area (Å²) in [7, 11) is -3.71. The number of halogens is 1. The molecule has 1 aromatic carbocycles. The van der Waals surface area contributed by atoms with E-state index in [4.69, 9.17) is 4.52 Å². The van der Waals surface area contributed by atoms with Crippen molar-refractivity contribution in [3.05, 3.63) is 41.8 Å². The van der Waals surface area contributed by atoms with E-state index in [0.29, 0.717) is 5.82 Å². The molecule has 0 spiro atoms. The maximum atomic E-state index is 12.7. The summed E-state index contributed by atoms with van der Waals surface area (Å²) in [5, 5.41) is 3.53. The number of benzene rings is 1. The number of sulfonamides is 1. The summed E-state index contributed by atoms with van der Waals surface area (Å²) in [6.07, 6.45) is 0. The number of aryl methyl sites for hydroxylation is 1. The maximum Gasteiger partial charge on any atom is 0.241 e. The van der Waals surface area contributed by atoms with Gasteiger partial charge < -0.3 is 4.52 Å². The molecule has 0 saturated heterocycles. The average Bonchev–Trinajstić information content (AvgIpc) is 2.73. The standard InChI is InChI=1S/C10H10FN3O3S/c1-7-13-10(17-14-7)6-12-18(15,16)9-4-2-8(11)3-5-9/h2-5,12H,6H2,1H3. The number of nitrogens with zero attached hydrogens (tertiary/aromatic N) is 2. The molecule has 0 aliphatic rings. The van der Waals surface area contributed by atoms with Gasteiger partial charge in [0.1, 0.15) is 5.82 Å². The summed E-state index contributed by atoms with van der Waals surface area (Å²) in [4.78, 5) is 3.83. The van der Waals surface area contributed by atoms with E-state index in [-0.39, 0.29) is 17.3 Å². The number of aromatic nitrogens is 2. The zero-order valence-electron chi connectivity index (χ0n) is 9.42. The van der Waals surface area contributed by atoms with Crippen LogP contribution in [0.4, 0.5) is 4.39 Å². The molecule has 0 unspecified atom stereocenters. The van der Waals surface area contributed by atoms with E-state index in [1.54, 1.807) is 6.92 Å². The van der Waals surface area contributed by atoms with Crippen molar-refractivity contribution >= 4 is 10.0 Å². The lowest BCUT2D eigenvalue weighted by molar-refractivity contribution is 0.372. The summed E-state index contributed by atoms with van der Waals surface area (Å²) < 4.78 is 43.3. The van der Waals surface area contributed by atoms with Crippen LogP contribution >= 0.6 is 0 Å². The molecule has 0 amide bonds. The summed E-state index contributed by atoms with van der Waals surface area (Å²) >= 11 is 0. The number of hydrogen-bond acceptors (Lipinski definition) is 5. The Bertz CT molecular complexity index is 637. The van der Waals surface area contributed by atoms with Gasteiger partial charge in [0.2, 0.25) is 15.9 Å². The quantitative estimate of drug-likeness (QED) is 0.896. The van der Waals surface area contributed by atoms with Gasteiger partial charge in [0.15, 0.2) is 5.82 Å². The molecule has 1 aromatic heterocycles. The van der Waals surface area contributed by atoms with Crippen LogP contribution in [0.2, 0.25) is 0 Å². The average molecular weight is 271 g/mol. The fraction of sp³-hybridized carbons (Fsp3) is 0.200. The van der Waals surface area contributed by atoms with Crippen molar-refractivity contribution in [2.24, 2.45) is 0 Å². The molecule has 8 heteroatoms. The SMILES string of the molecule is Cc1noc(CNS(=O)(=O)c2ccc(F)cc2)n1. The van der Waals surface area contributed by atoms with E-state index in [1.165, 1.54) is 12.1 Å². The highest BCUT2D eigenvalue weighted by molar-refractivity contribution is 7.89. The van der Waals surface area contributed by atoms with Crippen molar-refractivity contribution in [1.29, 1.82) is 0 Å². The Hall–Kier alpha value is -1.80. The van der Waals surface area contributed by atoms with Crippen LogP contribution in [0, 0.1) is 12.7 Å². The Morgan fingerprint density at radius 3 is 2.56 bits per heavy atom. The highest BCUT2D eigenvalue weighted by atomic mass is 32.2. The minimum absolute atomic E-state index is 0.0277. The lowest BCUT2D eigenvalue weighted by Gasteiger charge is -2.03. The molecular weight excluding hydrogens is 261 g/mol. The lowest BCUT2D eigenvalue weighted by atomic mass is 10.4. The van der Waals surface area contributed by atoms with E-state index < -0.39 is 15.8 Å². The van der Waals surface area contributed by atoms with Crippen LogP contribution < -0.4 is 4.72 Å². The Kier molecular flexibility index (Phi) is 3.39. The van der Waals surface area contributed by atoms with Crippen molar-refractivity contribution in [3.8, 4) is 0 Å². The van der Waals surface area contributed by atoms with Crippen LogP contribution in [0.5, 0.6) is 0 Å². The zero-order valence-corrected chi connectivity index (χ0v) is 10.2. The van der Waals surface area contributed by atoms with Crippen LogP contribution in [0.25, 0.3) is 0 Å². The predicted molar refractivity (Wildman–Crippen MR) is 59.5 cm³/mol. The van der Waals surface area contributed by atoms with Crippen molar-refractivity contribution in [2.45, 2.75) is 18.4 Å². The second kappa shape index (κ2) is 4.83. The van der Waals surface area contributed by atoms with Gasteiger partial charge in [-0.1, -0.05) is 5.16 Å². The van der Waals surface area contributed by atoms with Gasteiger partial charge in [0, 0.05) is 0 Å². The first-order valence-electron chi connectivity index (χ1n) is 5.02. The van der Waals surface area contributed by atoms with Crippen LogP contribution in [0.3, 0.4) is 0 Å². The zero-order chi connectivity index (χ0) is 13.2. The smallest absolute Gasteiger partial charge is 0.241 e. The molecule has 0 saturated carbocycles. The van der Waals surface area contributed by atoms with Gasteiger partial charge in [0.25, 0.3) is 0 Å². The molecule has 1 heterocycles. The molecule has 0 fully saturated rings. The first kappa shape index (κ1) is 12.7. The third-order valence-electron chi connectivity index (χ3n) is 2.11. The van der Waals surface area contributed by atoms with Crippen molar-refractivity contribution < 1.29 is 17.3 Å². The van der Waals surface area contributed by atoms with Crippen molar-refractivity contribution in [3.63, 3.8) is 0 Å². The molecule has 1 N–H and O–H groups in total. The number of hydrogen-bond donors (Lipinski definition) is 1. The third-order valence-corrected chi connectivity index (χ3v) is 3.52. The van der Waals surface area contributed by atoms with E-state index >= 15 is 0 Å². The molecule has 2 rings (SSSR count). The first-order valence-corrected chi connectivity index (χ1v) is 6.50. The molecule has 0 aliphatic heterocycles. The highest BCUT2D eigenvalue weighted by Gasteiger charge is 2.15. The second-order valence-corrected chi connectivity index (χ2v) is 5.28. The lowest BCUT2D eigenvalue weighted by Crippen LogP contribution is -2.23. The van der Waals surface area contributed by atoms with Crippen molar-refractivity contribution in [2.75, 3.05) is 0 Å². The molecule has 0 radical (unpaired) electrons. The highest BCUT2D eigenvalue weighted by Crippen LogP contribution is 2.10. The van der Waals surface area contributed by atoms with Crippen LogP contribution in [0.15, 0.2) is 33.7 Å². The fourth-order valence-corrected chi connectivity index (χ4v) is 2.24. The summed E-state index contributed by atoms with van der Waals surface area (Å²) in [6.45, 7) is 1.52. The van der Waals surface area contributed by atoms with Crippen LogP contribution in [-0.4, -0.2) is 18.6 Å². The normalized spacial score (nSPS) is 11.7. The fourth-order valence-electron chi connectivity index (χ4n) is 1.27. The van der Waals surface area contributed by atoms with Gasteiger partial charge in [-0.3, -0.25) is 0 Å². The molecule has 0 bridgehead atoms. The van der Waals surface area contributed by atoms with Crippen molar-refractivity contribution in [1.82, 2.24) is 14.9 Å². The number of nitrogens with one attached hydrogen (secondary N) is 1. The van der Waals surface area contributed by atoms with E-state index in [0.717, 1.165) is 12.1 Å². The molecule has 18 heavy (non-hydrogen) atoms. The Morgan fingerprint density at radius 2 is 2.00 bits per heavy atom. The first-order chi connectivity index (χ1) is 8.47. The molecule has 0 atom stereocenters. The van der Waals surface area contributed by atoms with E-state index in [1.807, 2.05) is 0 Å². The third kappa shape index (κ3) is 2.90. The van der Waals surface area contributed by atoms with Gasteiger partial charge in [-0.25, -0.2) is 17.5 Å². The molecule has 96 valence electrons. The summed E-state index contributed by atoms with van der Waals surface area (Å²) in [5.41, 5.74) is 0. The Morgan fingerprint density at radius 1 is 1.33 bits per heavy atom. The Labute approximate surface area is 103 Å². The predicted octanol–water partition coefficient (Wildman–Crippen LogP) is 0.996. The van der Waals surface area contributed by atoms with Gasteiger partial charge in [-0.15, -0.1) is 0 Å². The molecule has 6 nitrogen and oxygen atoms in total. The van der Waals surface area contributed by atoms with E-state index in [9.17, 15) is 12.8 Å². The Balaban J connectivity index is 2.10. The van der Waals surface area contributed by atoms with Crippen LogP contribution in [0.1, 0.15) is 11.7 Å². The largest absolute Gasteiger partial charge is 0.338 e. The van der Waals surface area contributed by atoms with Gasteiger partial charge in [0.05, 0.1) is 11.4 Å². The molecule has 2 aromatic rings. The molecule has 0 aliphatic carbocycles. The van der Waals surface area contributed by atoms with Gasteiger partial charge in [-0.2, -0.15) is 4.98 Å².